The van der Waals surface area contributed by atoms with Gasteiger partial charge in [-0.25, -0.2) is 0 Å². The number of ether oxygens (including phenoxy) is 1. The van der Waals surface area contributed by atoms with E-state index in [2.05, 4.69) is 9.72 Å². The van der Waals surface area contributed by atoms with Crippen molar-refractivity contribution in [2.45, 2.75) is 19.5 Å². The number of hydrogen-bond donors (Lipinski definition) is 0. The van der Waals surface area contributed by atoms with Gasteiger partial charge < -0.3 is 4.74 Å². The highest BCUT2D eigenvalue weighted by Crippen LogP contribution is 2.38. The Morgan fingerprint density at radius 2 is 1.68 bits per heavy atom. The van der Waals surface area contributed by atoms with E-state index >= 15 is 0 Å². The third-order valence-corrected chi connectivity index (χ3v) is 2.81. The van der Waals surface area contributed by atoms with Gasteiger partial charge in [0.25, 0.3) is 0 Å². The van der Waals surface area contributed by atoms with E-state index in [1.165, 1.54) is 13.0 Å². The zero-order valence-electron chi connectivity index (χ0n) is 11.1. The molecule has 0 spiro atoms. The lowest BCUT2D eigenvalue weighted by Gasteiger charge is -2.15. The minimum Gasteiger partial charge on any atom is -0.406 e. The minimum atomic E-state index is -4.93. The number of nitrogens with zero attached hydrogens (tertiary/aromatic N) is 1. The molecule has 0 aliphatic carbocycles. The van der Waals surface area contributed by atoms with Gasteiger partial charge in [0.1, 0.15) is 5.75 Å². The fourth-order valence-corrected chi connectivity index (χ4v) is 1.90. The van der Waals surface area contributed by atoms with E-state index in [9.17, 15) is 26.3 Å². The molecule has 1 aromatic heterocycles. The monoisotopic (exact) mass is 321 g/mol. The van der Waals surface area contributed by atoms with Crippen molar-refractivity contribution in [1.82, 2.24) is 4.98 Å². The Balaban J connectivity index is 2.56. The number of rotatable bonds is 2. The SMILES string of the molecule is Cc1ccc(OC(F)(F)F)cc1-c1ncccc1C(F)(F)F. The third-order valence-electron chi connectivity index (χ3n) is 2.81. The summed E-state index contributed by atoms with van der Waals surface area (Å²) in [5.74, 6) is -0.605. The quantitative estimate of drug-likeness (QED) is 0.728. The summed E-state index contributed by atoms with van der Waals surface area (Å²) in [6.07, 6.45) is -8.46. The van der Waals surface area contributed by atoms with Crippen molar-refractivity contribution >= 4 is 0 Å². The highest BCUT2D eigenvalue weighted by atomic mass is 19.4. The molecule has 1 aromatic carbocycles. The van der Waals surface area contributed by atoms with E-state index in [1.54, 1.807) is 0 Å². The molecule has 8 heteroatoms. The van der Waals surface area contributed by atoms with Crippen molar-refractivity contribution in [3.63, 3.8) is 0 Å². The number of aryl methyl sites for hydroxylation is 1. The van der Waals surface area contributed by atoms with E-state index < -0.39 is 29.5 Å². The first kappa shape index (κ1) is 16.1. The largest absolute Gasteiger partial charge is 0.573 e. The third kappa shape index (κ3) is 3.69. The average Bonchev–Trinajstić information content (AvgIpc) is 2.38. The molecule has 0 N–H and O–H groups in total. The standard InChI is InChI=1S/C14H9F6NO/c1-8-4-5-9(22-14(18,19)20)7-10(8)12-11(13(15,16)17)3-2-6-21-12/h2-7H,1H3. The normalized spacial score (nSPS) is 12.3. The van der Waals surface area contributed by atoms with Crippen LogP contribution in [-0.2, 0) is 6.18 Å². The smallest absolute Gasteiger partial charge is 0.406 e. The van der Waals surface area contributed by atoms with Crippen LogP contribution in [0.5, 0.6) is 5.75 Å². The fraction of sp³-hybridized carbons (Fsp3) is 0.214. The van der Waals surface area contributed by atoms with Crippen LogP contribution in [0.4, 0.5) is 26.3 Å². The lowest BCUT2D eigenvalue weighted by Crippen LogP contribution is -2.17. The molecular weight excluding hydrogens is 312 g/mol. The van der Waals surface area contributed by atoms with Crippen molar-refractivity contribution < 1.29 is 31.1 Å². The molecule has 0 atom stereocenters. The number of benzene rings is 1. The van der Waals surface area contributed by atoms with Crippen LogP contribution in [-0.4, -0.2) is 11.3 Å². The summed E-state index contributed by atoms with van der Waals surface area (Å²) >= 11 is 0. The van der Waals surface area contributed by atoms with Crippen molar-refractivity contribution in [3.8, 4) is 17.0 Å². The first-order chi connectivity index (χ1) is 10.1. The molecule has 2 rings (SSSR count). The summed E-state index contributed by atoms with van der Waals surface area (Å²) in [5, 5.41) is 0. The van der Waals surface area contributed by atoms with Crippen LogP contribution in [0.15, 0.2) is 36.5 Å². The second kappa shape index (κ2) is 5.51. The molecule has 0 bridgehead atoms. The number of hydrogen-bond acceptors (Lipinski definition) is 2. The van der Waals surface area contributed by atoms with Gasteiger partial charge in [0.15, 0.2) is 0 Å². The van der Waals surface area contributed by atoms with E-state index in [-0.39, 0.29) is 5.56 Å². The van der Waals surface area contributed by atoms with E-state index in [0.717, 1.165) is 30.5 Å². The lowest BCUT2D eigenvalue weighted by molar-refractivity contribution is -0.274. The zero-order chi connectivity index (χ0) is 16.5. The Labute approximate surface area is 121 Å². The zero-order valence-corrected chi connectivity index (χ0v) is 11.1. The summed E-state index contributed by atoms with van der Waals surface area (Å²) in [4.78, 5) is 3.66. The van der Waals surface area contributed by atoms with E-state index in [0.29, 0.717) is 5.56 Å². The predicted molar refractivity (Wildman–Crippen MR) is 66.1 cm³/mol. The van der Waals surface area contributed by atoms with Crippen LogP contribution in [0.25, 0.3) is 11.3 Å². The van der Waals surface area contributed by atoms with Gasteiger partial charge >= 0.3 is 12.5 Å². The number of pyridine rings is 1. The van der Waals surface area contributed by atoms with Crippen molar-refractivity contribution in [1.29, 1.82) is 0 Å². The van der Waals surface area contributed by atoms with Gasteiger partial charge in [0.05, 0.1) is 11.3 Å². The van der Waals surface area contributed by atoms with Gasteiger partial charge in [-0.3, -0.25) is 4.98 Å². The average molecular weight is 321 g/mol. The van der Waals surface area contributed by atoms with E-state index in [1.807, 2.05) is 0 Å². The maximum atomic E-state index is 13.0. The molecule has 0 amide bonds. The molecule has 2 aromatic rings. The van der Waals surface area contributed by atoms with Crippen LogP contribution >= 0.6 is 0 Å². The van der Waals surface area contributed by atoms with Crippen molar-refractivity contribution in [2.24, 2.45) is 0 Å². The van der Waals surface area contributed by atoms with Crippen LogP contribution in [0.1, 0.15) is 11.1 Å². The van der Waals surface area contributed by atoms with Gasteiger partial charge in [-0.2, -0.15) is 13.2 Å². The van der Waals surface area contributed by atoms with Crippen molar-refractivity contribution in [2.75, 3.05) is 0 Å². The lowest BCUT2D eigenvalue weighted by atomic mass is 10.0. The fourth-order valence-electron chi connectivity index (χ4n) is 1.90. The number of halogens is 6. The molecule has 0 unspecified atom stereocenters. The predicted octanol–water partition coefficient (Wildman–Crippen LogP) is 4.97. The van der Waals surface area contributed by atoms with Crippen LogP contribution in [0, 0.1) is 6.92 Å². The molecule has 118 valence electrons. The molecule has 0 aliphatic rings. The molecule has 22 heavy (non-hydrogen) atoms. The Morgan fingerprint density at radius 1 is 1.00 bits per heavy atom. The van der Waals surface area contributed by atoms with E-state index in [4.69, 9.17) is 0 Å². The first-order valence-corrected chi connectivity index (χ1v) is 5.97. The second-order valence-electron chi connectivity index (χ2n) is 4.42. The summed E-state index contributed by atoms with van der Waals surface area (Å²) in [6, 6.07) is 5.09. The molecule has 1 heterocycles. The van der Waals surface area contributed by atoms with Crippen LogP contribution < -0.4 is 4.74 Å². The highest BCUT2D eigenvalue weighted by molar-refractivity contribution is 5.69. The summed E-state index contributed by atoms with van der Waals surface area (Å²) in [6.45, 7) is 1.47. The second-order valence-corrected chi connectivity index (χ2v) is 4.42. The molecular formula is C14H9F6NO. The maximum absolute atomic E-state index is 13.0. The Bertz CT molecular complexity index is 678. The highest BCUT2D eigenvalue weighted by Gasteiger charge is 2.35. The summed E-state index contributed by atoms with van der Waals surface area (Å²) < 4.78 is 79.4. The summed E-state index contributed by atoms with van der Waals surface area (Å²) in [7, 11) is 0. The molecule has 0 saturated heterocycles. The minimum absolute atomic E-state index is 0.0744. The topological polar surface area (TPSA) is 22.1 Å². The van der Waals surface area contributed by atoms with Gasteiger partial charge in [-0.15, -0.1) is 13.2 Å². The maximum Gasteiger partial charge on any atom is 0.573 e. The number of aromatic nitrogens is 1. The van der Waals surface area contributed by atoms with Gasteiger partial charge in [0.2, 0.25) is 0 Å². The Morgan fingerprint density at radius 3 is 2.27 bits per heavy atom. The number of alkyl halides is 6. The van der Waals surface area contributed by atoms with Crippen LogP contribution in [0.2, 0.25) is 0 Å². The summed E-state index contributed by atoms with van der Waals surface area (Å²) in [5.41, 5.74) is -1.20. The van der Waals surface area contributed by atoms with Crippen LogP contribution in [0.3, 0.4) is 0 Å². The molecule has 2 nitrogen and oxygen atoms in total. The van der Waals surface area contributed by atoms with Gasteiger partial charge in [-0.1, -0.05) is 6.07 Å². The first-order valence-electron chi connectivity index (χ1n) is 5.97. The molecule has 0 fully saturated rings. The Kier molecular flexibility index (Phi) is 4.04. The van der Waals surface area contributed by atoms with Gasteiger partial charge in [0, 0.05) is 11.8 Å². The molecule has 0 aliphatic heterocycles. The molecule has 0 radical (unpaired) electrons. The van der Waals surface area contributed by atoms with Gasteiger partial charge in [-0.05, 0) is 36.8 Å². The molecule has 0 saturated carbocycles. The van der Waals surface area contributed by atoms with Crippen molar-refractivity contribution in [3.05, 3.63) is 47.7 Å². The Hall–Kier alpha value is -2.25.